The van der Waals surface area contributed by atoms with Crippen LogP contribution in [0, 0.1) is 5.92 Å². The quantitative estimate of drug-likeness (QED) is 0.799. The molecule has 2 aromatic carbocycles. The van der Waals surface area contributed by atoms with Gasteiger partial charge >= 0.3 is 0 Å². The predicted molar refractivity (Wildman–Crippen MR) is 108 cm³/mol. The second-order valence-corrected chi connectivity index (χ2v) is 6.76. The maximum absolute atomic E-state index is 12.5. The van der Waals surface area contributed by atoms with Crippen LogP contribution >= 0.6 is 0 Å². The fraction of sp³-hybridized carbons (Fsp3) is 0.286. The normalized spacial score (nSPS) is 15.6. The number of carbonyl (C=O) groups is 2. The van der Waals surface area contributed by atoms with Crippen LogP contribution in [0.15, 0.2) is 53.7 Å². The molecular formula is C21H23N3O4. The molecule has 2 N–H and O–H groups in total. The van der Waals surface area contributed by atoms with E-state index in [1.807, 2.05) is 13.8 Å². The summed E-state index contributed by atoms with van der Waals surface area (Å²) in [7, 11) is 1.52. The molecule has 0 saturated carbocycles. The van der Waals surface area contributed by atoms with E-state index >= 15 is 0 Å². The molecule has 0 aliphatic carbocycles. The molecule has 7 nitrogen and oxygen atoms in total. The van der Waals surface area contributed by atoms with Crippen molar-refractivity contribution in [3.8, 4) is 5.75 Å². The summed E-state index contributed by atoms with van der Waals surface area (Å²) < 4.78 is 5.22. The number of nitrogens with zero attached hydrogens (tertiary/aromatic N) is 1. The van der Waals surface area contributed by atoms with Gasteiger partial charge in [0.1, 0.15) is 5.75 Å². The third-order valence-corrected chi connectivity index (χ3v) is 4.39. The fourth-order valence-corrected chi connectivity index (χ4v) is 2.81. The van der Waals surface area contributed by atoms with Crippen LogP contribution in [0.4, 0.5) is 11.4 Å². The number of para-hydroxylation sites is 1. The molecule has 0 saturated heterocycles. The van der Waals surface area contributed by atoms with E-state index in [9.17, 15) is 9.59 Å². The zero-order valence-corrected chi connectivity index (χ0v) is 16.1. The van der Waals surface area contributed by atoms with Crippen LogP contribution in [0.25, 0.3) is 0 Å². The number of ether oxygens (including phenoxy) is 1. The third-order valence-electron chi connectivity index (χ3n) is 4.39. The molecule has 0 spiro atoms. The molecule has 3 rings (SSSR count). The lowest BCUT2D eigenvalue weighted by atomic mass is 10.0. The zero-order valence-electron chi connectivity index (χ0n) is 16.1. The molecule has 2 amide bonds. The number of amides is 2. The van der Waals surface area contributed by atoms with E-state index in [2.05, 4.69) is 15.8 Å². The monoisotopic (exact) mass is 381 g/mol. The molecule has 1 aliphatic rings. The van der Waals surface area contributed by atoms with Crippen LogP contribution < -0.4 is 15.4 Å². The Bertz CT molecular complexity index is 908. The van der Waals surface area contributed by atoms with Gasteiger partial charge in [0.2, 0.25) is 6.10 Å². The number of hydrogen-bond donors (Lipinski definition) is 2. The number of nitrogens with one attached hydrogen (secondary N) is 2. The van der Waals surface area contributed by atoms with Crippen LogP contribution in [-0.4, -0.2) is 30.7 Å². The number of rotatable bonds is 6. The van der Waals surface area contributed by atoms with E-state index in [0.717, 1.165) is 5.71 Å². The van der Waals surface area contributed by atoms with Crippen LogP contribution in [0.5, 0.6) is 5.75 Å². The van der Waals surface area contributed by atoms with Gasteiger partial charge in [-0.2, -0.15) is 0 Å². The van der Waals surface area contributed by atoms with Crippen molar-refractivity contribution >= 4 is 28.9 Å². The average Bonchev–Trinajstić information content (AvgIpc) is 3.19. The van der Waals surface area contributed by atoms with E-state index in [1.54, 1.807) is 48.5 Å². The van der Waals surface area contributed by atoms with Crippen molar-refractivity contribution in [2.45, 2.75) is 26.4 Å². The number of hydrogen-bond acceptors (Lipinski definition) is 5. The Kier molecular flexibility index (Phi) is 5.93. The molecule has 0 bridgehead atoms. The number of oxime groups is 1. The molecule has 146 valence electrons. The van der Waals surface area contributed by atoms with Crippen molar-refractivity contribution in [1.82, 2.24) is 0 Å². The van der Waals surface area contributed by atoms with E-state index in [0.29, 0.717) is 29.1 Å². The van der Waals surface area contributed by atoms with Gasteiger partial charge in [-0.25, -0.2) is 0 Å². The Morgan fingerprint density at radius 2 is 1.82 bits per heavy atom. The average molecular weight is 381 g/mol. The highest BCUT2D eigenvalue weighted by Gasteiger charge is 2.29. The SMILES string of the molecule is COc1ccccc1C(=O)Nc1cccc(NC(=O)[C@H]2CC(C(C)C)=NO2)c1. The van der Waals surface area contributed by atoms with Crippen LogP contribution in [0.2, 0.25) is 0 Å². The lowest BCUT2D eigenvalue weighted by molar-refractivity contribution is -0.125. The minimum absolute atomic E-state index is 0.242. The topological polar surface area (TPSA) is 89.0 Å². The minimum atomic E-state index is -0.635. The second kappa shape index (κ2) is 8.56. The van der Waals surface area contributed by atoms with Crippen molar-refractivity contribution < 1.29 is 19.2 Å². The van der Waals surface area contributed by atoms with E-state index in [4.69, 9.17) is 9.57 Å². The number of benzene rings is 2. The van der Waals surface area contributed by atoms with Gasteiger partial charge in [0.25, 0.3) is 11.8 Å². The predicted octanol–water partition coefficient (Wildman–Crippen LogP) is 3.69. The van der Waals surface area contributed by atoms with Crippen molar-refractivity contribution in [1.29, 1.82) is 0 Å². The van der Waals surface area contributed by atoms with Crippen molar-refractivity contribution in [2.75, 3.05) is 17.7 Å². The van der Waals surface area contributed by atoms with E-state index in [-0.39, 0.29) is 17.7 Å². The van der Waals surface area contributed by atoms with Crippen molar-refractivity contribution in [2.24, 2.45) is 11.1 Å². The Morgan fingerprint density at radius 3 is 2.50 bits per heavy atom. The summed E-state index contributed by atoms with van der Waals surface area (Å²) in [5.74, 6) is 0.165. The van der Waals surface area contributed by atoms with Gasteiger partial charge in [-0.15, -0.1) is 0 Å². The maximum Gasteiger partial charge on any atom is 0.268 e. The zero-order chi connectivity index (χ0) is 20.1. The molecule has 0 unspecified atom stereocenters. The van der Waals surface area contributed by atoms with Crippen LogP contribution in [0.3, 0.4) is 0 Å². The molecule has 1 atom stereocenters. The largest absolute Gasteiger partial charge is 0.496 e. The second-order valence-electron chi connectivity index (χ2n) is 6.76. The smallest absolute Gasteiger partial charge is 0.268 e. The van der Waals surface area contributed by atoms with Gasteiger partial charge in [-0.05, 0) is 36.2 Å². The van der Waals surface area contributed by atoms with Gasteiger partial charge in [0.15, 0.2) is 0 Å². The molecule has 0 radical (unpaired) electrons. The van der Waals surface area contributed by atoms with Crippen LogP contribution in [-0.2, 0) is 9.63 Å². The Morgan fingerprint density at radius 1 is 1.11 bits per heavy atom. The highest BCUT2D eigenvalue weighted by Crippen LogP contribution is 2.22. The van der Waals surface area contributed by atoms with Crippen molar-refractivity contribution in [3.63, 3.8) is 0 Å². The number of carbonyl (C=O) groups excluding carboxylic acids is 2. The van der Waals surface area contributed by atoms with Gasteiger partial charge in [0.05, 0.1) is 18.4 Å². The lowest BCUT2D eigenvalue weighted by Gasteiger charge is -2.12. The minimum Gasteiger partial charge on any atom is -0.496 e. The molecule has 0 aromatic heterocycles. The van der Waals surface area contributed by atoms with E-state index in [1.165, 1.54) is 7.11 Å². The molecule has 28 heavy (non-hydrogen) atoms. The number of anilines is 2. The molecule has 1 aliphatic heterocycles. The van der Waals surface area contributed by atoms with Crippen molar-refractivity contribution in [3.05, 3.63) is 54.1 Å². The van der Waals surface area contributed by atoms with E-state index < -0.39 is 6.10 Å². The van der Waals surface area contributed by atoms with Crippen LogP contribution in [0.1, 0.15) is 30.6 Å². The molecular weight excluding hydrogens is 358 g/mol. The summed E-state index contributed by atoms with van der Waals surface area (Å²) in [6, 6.07) is 13.9. The summed E-state index contributed by atoms with van der Waals surface area (Å²) in [5, 5.41) is 9.59. The Hall–Kier alpha value is -3.35. The van der Waals surface area contributed by atoms with Gasteiger partial charge in [-0.3, -0.25) is 9.59 Å². The molecule has 0 fully saturated rings. The lowest BCUT2D eigenvalue weighted by Crippen LogP contribution is -2.28. The van der Waals surface area contributed by atoms with Gasteiger partial charge < -0.3 is 20.2 Å². The molecule has 7 heteroatoms. The highest BCUT2D eigenvalue weighted by atomic mass is 16.6. The summed E-state index contributed by atoms with van der Waals surface area (Å²) in [6.07, 6.45) is -0.155. The third kappa shape index (κ3) is 4.49. The highest BCUT2D eigenvalue weighted by molar-refractivity contribution is 6.06. The Labute approximate surface area is 163 Å². The first-order valence-electron chi connectivity index (χ1n) is 9.06. The summed E-state index contributed by atoms with van der Waals surface area (Å²) in [4.78, 5) is 30.2. The maximum atomic E-state index is 12.5. The molecule has 1 heterocycles. The number of methoxy groups -OCH3 is 1. The summed E-state index contributed by atoms with van der Waals surface area (Å²) >= 11 is 0. The van der Waals surface area contributed by atoms with Gasteiger partial charge in [0, 0.05) is 17.8 Å². The first-order chi connectivity index (χ1) is 13.5. The van der Waals surface area contributed by atoms with Gasteiger partial charge in [-0.1, -0.05) is 37.2 Å². The summed E-state index contributed by atoms with van der Waals surface area (Å²) in [6.45, 7) is 4.02. The fourth-order valence-electron chi connectivity index (χ4n) is 2.81. The summed E-state index contributed by atoms with van der Waals surface area (Å²) in [5.41, 5.74) is 2.42. The first-order valence-corrected chi connectivity index (χ1v) is 9.06. The standard InChI is InChI=1S/C21H23N3O4/c1-13(2)17-12-19(28-24-17)21(26)23-15-8-6-7-14(11-15)22-20(25)16-9-4-5-10-18(16)27-3/h4-11,13,19H,12H2,1-3H3,(H,22,25)(H,23,26)/t19-/m1/s1. The Balaban J connectivity index is 1.64. The molecule has 2 aromatic rings. The first kappa shape index (κ1) is 19.4.